The van der Waals surface area contributed by atoms with Gasteiger partial charge in [-0.15, -0.1) is 0 Å². The second kappa shape index (κ2) is 5.98. The van der Waals surface area contributed by atoms with Crippen molar-refractivity contribution in [2.75, 3.05) is 0 Å². The van der Waals surface area contributed by atoms with Gasteiger partial charge in [-0.25, -0.2) is 9.13 Å². The van der Waals surface area contributed by atoms with Gasteiger partial charge in [0, 0.05) is 10.6 Å². The number of aryl methyl sites for hydroxylation is 1. The van der Waals surface area contributed by atoms with Gasteiger partial charge in [0.2, 0.25) is 12.1 Å². The third-order valence-electron chi connectivity index (χ3n) is 2.30. The van der Waals surface area contributed by atoms with E-state index in [2.05, 4.69) is 0 Å². The van der Waals surface area contributed by atoms with Crippen LogP contribution in [0.25, 0.3) is 0 Å². The minimum Gasteiger partial charge on any atom is -1.00 e. The van der Waals surface area contributed by atoms with E-state index < -0.39 is 0 Å². The third-order valence-corrected chi connectivity index (χ3v) is 2.53. The molecule has 0 N–H and O–H groups in total. The minimum absolute atomic E-state index is 0. The van der Waals surface area contributed by atoms with E-state index in [0.717, 1.165) is 0 Å². The van der Waals surface area contributed by atoms with Gasteiger partial charge in [-0.1, -0.05) is 23.7 Å². The molecule has 0 saturated carbocycles. The summed E-state index contributed by atoms with van der Waals surface area (Å²) in [4.78, 5) is 11.9. The van der Waals surface area contributed by atoms with Gasteiger partial charge in [-0.3, -0.25) is 4.79 Å². The van der Waals surface area contributed by atoms with Crippen molar-refractivity contribution in [2.45, 2.75) is 6.54 Å². The molecule has 0 fully saturated rings. The number of halogens is 2. The SMILES string of the molecule is C[n+]1ccn(CC(=O)c2cccc(Cl)c2)c1.[Br-]. The first-order valence-electron chi connectivity index (χ1n) is 4.95. The highest BCUT2D eigenvalue weighted by atomic mass is 79.9. The highest BCUT2D eigenvalue weighted by molar-refractivity contribution is 6.31. The molecule has 0 bridgehead atoms. The summed E-state index contributed by atoms with van der Waals surface area (Å²) >= 11 is 5.83. The Morgan fingerprint density at radius 3 is 2.82 bits per heavy atom. The van der Waals surface area contributed by atoms with Crippen LogP contribution >= 0.6 is 11.6 Å². The van der Waals surface area contributed by atoms with E-state index >= 15 is 0 Å². The van der Waals surface area contributed by atoms with E-state index in [1.807, 2.05) is 34.9 Å². The average Bonchev–Trinajstić information content (AvgIpc) is 2.64. The third kappa shape index (κ3) is 3.68. The number of Topliss-reactive ketones (excluding diaryl/α,β-unsaturated/α-hetero) is 1. The second-order valence-corrected chi connectivity index (χ2v) is 4.12. The van der Waals surface area contributed by atoms with Gasteiger partial charge < -0.3 is 17.0 Å². The summed E-state index contributed by atoms with van der Waals surface area (Å²) in [5.74, 6) is 0.0544. The lowest BCUT2D eigenvalue weighted by Crippen LogP contribution is -3.00. The van der Waals surface area contributed by atoms with Crippen molar-refractivity contribution in [2.24, 2.45) is 7.05 Å². The Balaban J connectivity index is 0.00000144. The van der Waals surface area contributed by atoms with E-state index in [0.29, 0.717) is 17.1 Å². The summed E-state index contributed by atoms with van der Waals surface area (Å²) in [6, 6.07) is 7.00. The number of imidazole rings is 1. The number of carbonyl (C=O) groups is 1. The lowest BCUT2D eigenvalue weighted by molar-refractivity contribution is -0.671. The topological polar surface area (TPSA) is 25.9 Å². The molecule has 0 aliphatic carbocycles. The zero-order valence-corrected chi connectivity index (χ0v) is 11.6. The lowest BCUT2D eigenvalue weighted by Gasteiger charge is -1.98. The van der Waals surface area contributed by atoms with Crippen LogP contribution in [0.15, 0.2) is 43.0 Å². The smallest absolute Gasteiger partial charge is 0.243 e. The van der Waals surface area contributed by atoms with Crippen LogP contribution in [0.2, 0.25) is 5.02 Å². The van der Waals surface area contributed by atoms with Crippen molar-refractivity contribution < 1.29 is 26.3 Å². The van der Waals surface area contributed by atoms with Crippen LogP contribution in [0.5, 0.6) is 0 Å². The van der Waals surface area contributed by atoms with Crippen molar-refractivity contribution in [3.8, 4) is 0 Å². The normalized spacial score (nSPS) is 9.76. The quantitative estimate of drug-likeness (QED) is 0.519. The molecule has 0 unspecified atom stereocenters. The van der Waals surface area contributed by atoms with E-state index in [1.165, 1.54) is 0 Å². The van der Waals surface area contributed by atoms with Gasteiger partial charge in [-0.05, 0) is 12.1 Å². The van der Waals surface area contributed by atoms with Crippen LogP contribution in [-0.4, -0.2) is 10.4 Å². The first kappa shape index (κ1) is 13.9. The van der Waals surface area contributed by atoms with Crippen LogP contribution in [-0.2, 0) is 13.6 Å². The van der Waals surface area contributed by atoms with Crippen molar-refractivity contribution in [1.29, 1.82) is 0 Å². The van der Waals surface area contributed by atoms with Crippen molar-refractivity contribution in [3.05, 3.63) is 53.6 Å². The summed E-state index contributed by atoms with van der Waals surface area (Å²) < 4.78 is 3.73. The van der Waals surface area contributed by atoms with Crippen molar-refractivity contribution in [1.82, 2.24) is 4.57 Å². The molecule has 0 spiro atoms. The van der Waals surface area contributed by atoms with Gasteiger partial charge in [-0.2, -0.15) is 0 Å². The molecule has 5 heteroatoms. The molecule has 1 aromatic heterocycles. The molecule has 1 aromatic carbocycles. The maximum absolute atomic E-state index is 11.9. The predicted molar refractivity (Wildman–Crippen MR) is 61.4 cm³/mol. The van der Waals surface area contributed by atoms with Crippen LogP contribution < -0.4 is 21.5 Å². The molecule has 17 heavy (non-hydrogen) atoms. The molecular formula is C12H12BrClN2O. The van der Waals surface area contributed by atoms with E-state index in [4.69, 9.17) is 11.6 Å². The minimum atomic E-state index is 0. The average molecular weight is 316 g/mol. The molecule has 3 nitrogen and oxygen atoms in total. The summed E-state index contributed by atoms with van der Waals surface area (Å²) in [6.45, 7) is 0.335. The Morgan fingerprint density at radius 2 is 2.24 bits per heavy atom. The van der Waals surface area contributed by atoms with E-state index in [9.17, 15) is 4.79 Å². The number of rotatable bonds is 3. The number of benzene rings is 1. The molecule has 1 heterocycles. The maximum atomic E-state index is 11.9. The molecule has 0 aliphatic rings. The van der Waals surface area contributed by atoms with Crippen molar-refractivity contribution >= 4 is 17.4 Å². The van der Waals surface area contributed by atoms with Gasteiger partial charge in [0.15, 0.2) is 6.54 Å². The van der Waals surface area contributed by atoms with E-state index in [-0.39, 0.29) is 22.8 Å². The summed E-state index contributed by atoms with van der Waals surface area (Å²) in [6.07, 6.45) is 5.62. The Bertz CT molecular complexity index is 525. The summed E-state index contributed by atoms with van der Waals surface area (Å²) in [5, 5.41) is 0.587. The Labute approximate surface area is 115 Å². The first-order chi connectivity index (χ1) is 7.65. The van der Waals surface area contributed by atoms with Crippen LogP contribution in [0, 0.1) is 0 Å². The number of ketones is 1. The molecule has 2 aromatic rings. The molecule has 0 saturated heterocycles. The monoisotopic (exact) mass is 314 g/mol. The number of carbonyl (C=O) groups excluding carboxylic acids is 1. The molecule has 0 atom stereocenters. The fourth-order valence-corrected chi connectivity index (χ4v) is 1.70. The predicted octanol–water partition coefficient (Wildman–Crippen LogP) is -1.15. The van der Waals surface area contributed by atoms with Crippen LogP contribution in [0.1, 0.15) is 10.4 Å². The largest absolute Gasteiger partial charge is 1.00 e. The number of aromatic nitrogens is 2. The zero-order chi connectivity index (χ0) is 11.5. The summed E-state index contributed by atoms with van der Waals surface area (Å²) in [5.41, 5.74) is 0.642. The molecular weight excluding hydrogens is 304 g/mol. The molecule has 0 radical (unpaired) electrons. The number of nitrogens with zero attached hydrogens (tertiary/aromatic N) is 2. The lowest BCUT2D eigenvalue weighted by atomic mass is 10.1. The Kier molecular flexibility index (Phi) is 4.90. The first-order valence-corrected chi connectivity index (χ1v) is 5.33. The van der Waals surface area contributed by atoms with Crippen molar-refractivity contribution in [3.63, 3.8) is 0 Å². The molecule has 0 amide bonds. The van der Waals surface area contributed by atoms with Gasteiger partial charge in [0.1, 0.15) is 12.4 Å². The van der Waals surface area contributed by atoms with E-state index in [1.54, 1.807) is 24.3 Å². The van der Waals surface area contributed by atoms with Gasteiger partial charge in [0.05, 0.1) is 7.05 Å². The standard InChI is InChI=1S/C12H12ClN2O.BrH/c1-14-5-6-15(9-14)8-12(16)10-3-2-4-11(13)7-10;/h2-7,9H,8H2,1H3;1H/q+1;/p-1. The van der Waals surface area contributed by atoms with Crippen LogP contribution in [0.3, 0.4) is 0 Å². The summed E-state index contributed by atoms with van der Waals surface area (Å²) in [7, 11) is 1.92. The maximum Gasteiger partial charge on any atom is 0.243 e. The van der Waals surface area contributed by atoms with Gasteiger partial charge in [0.25, 0.3) is 0 Å². The zero-order valence-electron chi connectivity index (χ0n) is 9.31. The second-order valence-electron chi connectivity index (χ2n) is 3.68. The molecule has 0 aliphatic heterocycles. The van der Waals surface area contributed by atoms with Gasteiger partial charge >= 0.3 is 0 Å². The fraction of sp³-hybridized carbons (Fsp3) is 0.167. The Morgan fingerprint density at radius 1 is 1.47 bits per heavy atom. The molecule has 90 valence electrons. The van der Waals surface area contributed by atoms with Crippen LogP contribution in [0.4, 0.5) is 0 Å². The highest BCUT2D eigenvalue weighted by Crippen LogP contribution is 2.11. The highest BCUT2D eigenvalue weighted by Gasteiger charge is 2.10. The molecule has 2 rings (SSSR count). The number of hydrogen-bond acceptors (Lipinski definition) is 1. The fourth-order valence-electron chi connectivity index (χ4n) is 1.51. The Hall–Kier alpha value is -1.13. The number of hydrogen-bond donors (Lipinski definition) is 0.